The summed E-state index contributed by atoms with van der Waals surface area (Å²) in [6.45, 7) is 16.3. The predicted molar refractivity (Wildman–Crippen MR) is 201 cm³/mol. The second-order valence-electron chi connectivity index (χ2n) is 17.0. The number of hydrogen-bond acceptors (Lipinski definition) is 9. The van der Waals surface area contributed by atoms with Crippen LogP contribution in [-0.4, -0.2) is 95.0 Å². The molecule has 0 amide bonds. The van der Waals surface area contributed by atoms with Gasteiger partial charge in [0.15, 0.2) is 20.1 Å². The van der Waals surface area contributed by atoms with Gasteiger partial charge < -0.3 is 32.8 Å². The fourth-order valence-electron chi connectivity index (χ4n) is 6.85. The Morgan fingerprint density at radius 2 is 1.70 bits per heavy atom. The Morgan fingerprint density at radius 3 is 2.40 bits per heavy atom. The third-order valence-corrected chi connectivity index (χ3v) is 17.3. The lowest BCUT2D eigenvalue weighted by atomic mass is 9.95. The van der Waals surface area contributed by atoms with Gasteiger partial charge in [-0.3, -0.25) is 4.57 Å². The van der Waals surface area contributed by atoms with Gasteiger partial charge in [-0.25, -0.2) is 9.37 Å². The number of aryl methyl sites for hydroxylation is 1. The van der Waals surface area contributed by atoms with Crippen LogP contribution in [0, 0.1) is 5.82 Å². The first-order valence-electron chi connectivity index (χ1n) is 18.5. The second-order valence-corrected chi connectivity index (χ2v) is 27.8. The molecule has 3 aromatic rings. The molecule has 2 saturated heterocycles. The van der Waals surface area contributed by atoms with Gasteiger partial charge in [0, 0.05) is 20.7 Å². The number of benzene rings is 1. The normalized spacial score (nSPS) is 23.3. The molecule has 0 saturated carbocycles. The van der Waals surface area contributed by atoms with E-state index in [0.717, 1.165) is 11.6 Å². The summed E-state index contributed by atoms with van der Waals surface area (Å²) in [6, 6.07) is 6.17. The molecule has 5 atom stereocenters. The lowest BCUT2D eigenvalue weighted by Crippen LogP contribution is -2.47. The molecule has 0 radical (unpaired) electrons. The number of imidazole rings is 1. The summed E-state index contributed by atoms with van der Waals surface area (Å²) >= 11 is 6.84. The molecule has 0 bridgehead atoms. The van der Waals surface area contributed by atoms with Gasteiger partial charge in [0.1, 0.15) is 42.6 Å². The second kappa shape index (κ2) is 16.1. The van der Waals surface area contributed by atoms with Gasteiger partial charge in [0.05, 0.1) is 36.6 Å². The van der Waals surface area contributed by atoms with Gasteiger partial charge in [-0.05, 0) is 72.6 Å². The Bertz CT molecular complexity index is 1750. The Labute approximate surface area is 317 Å². The topological polar surface area (TPSA) is 95.3 Å². The molecule has 6 rings (SSSR count). The highest BCUT2D eigenvalue weighted by Crippen LogP contribution is 2.42. The molecule has 0 N–H and O–H groups in total. The van der Waals surface area contributed by atoms with Crippen molar-refractivity contribution in [3.63, 3.8) is 0 Å². The Morgan fingerprint density at radius 1 is 0.981 bits per heavy atom. The molecule has 10 nitrogen and oxygen atoms in total. The van der Waals surface area contributed by atoms with E-state index in [4.69, 9.17) is 49.7 Å². The minimum Gasteiger partial charge on any atom is -0.491 e. The molecular formula is C37H53ClF3N3O7Si2. The van der Waals surface area contributed by atoms with Crippen LogP contribution in [0.2, 0.25) is 48.8 Å². The number of halogens is 4. The van der Waals surface area contributed by atoms with Gasteiger partial charge in [0.2, 0.25) is 0 Å². The van der Waals surface area contributed by atoms with Crippen LogP contribution in [0.1, 0.15) is 49.9 Å². The lowest BCUT2D eigenvalue weighted by Gasteiger charge is -2.39. The molecule has 1 aliphatic carbocycles. The van der Waals surface area contributed by atoms with Crippen molar-refractivity contribution in [2.45, 2.75) is 128 Å². The first-order valence-corrected chi connectivity index (χ1v) is 25.5. The van der Waals surface area contributed by atoms with E-state index in [2.05, 4.69) is 58.2 Å². The number of fused-ring (bicyclic) bond motifs is 3. The highest BCUT2D eigenvalue weighted by molar-refractivity contribution is 6.76. The van der Waals surface area contributed by atoms with Crippen molar-refractivity contribution in [3.8, 4) is 11.8 Å². The molecule has 2 fully saturated rings. The minimum absolute atomic E-state index is 0.0539. The number of nitrogens with zero attached hydrogens (tertiary/aromatic N) is 3. The molecule has 2 aliphatic heterocycles. The fraction of sp³-hybridized carbons (Fsp3) is 0.676. The maximum absolute atomic E-state index is 15.5. The quantitative estimate of drug-likeness (QED) is 0.105. The molecule has 53 heavy (non-hydrogen) atoms. The van der Waals surface area contributed by atoms with Gasteiger partial charge in [-0.1, -0.05) is 52.0 Å². The Balaban J connectivity index is 1.21. The van der Waals surface area contributed by atoms with E-state index in [9.17, 15) is 8.78 Å². The average molecular weight is 800 g/mol. The summed E-state index contributed by atoms with van der Waals surface area (Å²) in [4.78, 5) is 9.83. The summed E-state index contributed by atoms with van der Waals surface area (Å²) in [5, 5.41) is 0.480. The molecule has 3 aliphatic rings. The largest absolute Gasteiger partial charge is 0.491 e. The third-order valence-electron chi connectivity index (χ3n) is 10.8. The number of alkyl halides is 2. The molecule has 16 heteroatoms. The van der Waals surface area contributed by atoms with Crippen LogP contribution in [0.3, 0.4) is 0 Å². The van der Waals surface area contributed by atoms with Gasteiger partial charge >= 0.3 is 12.6 Å². The number of ether oxygens (including phenoxy) is 6. The van der Waals surface area contributed by atoms with Crippen LogP contribution < -0.4 is 9.47 Å². The number of rotatable bonds is 16. The summed E-state index contributed by atoms with van der Waals surface area (Å²) in [5.41, 5.74) is 3.14. The zero-order chi connectivity index (χ0) is 38.3. The third kappa shape index (κ3) is 9.42. The van der Waals surface area contributed by atoms with Crippen LogP contribution in [0.25, 0.3) is 11.2 Å². The van der Waals surface area contributed by atoms with E-state index in [1.165, 1.54) is 6.07 Å². The van der Waals surface area contributed by atoms with Crippen LogP contribution in [-0.2, 0) is 42.9 Å². The Hall–Kier alpha value is -2.25. The van der Waals surface area contributed by atoms with Gasteiger partial charge in [-0.15, -0.1) is 0 Å². The van der Waals surface area contributed by atoms with E-state index < -0.39 is 34.9 Å². The van der Waals surface area contributed by atoms with Gasteiger partial charge in [0.25, 0.3) is 0 Å². The van der Waals surface area contributed by atoms with E-state index in [0.29, 0.717) is 72.5 Å². The zero-order valence-corrected chi connectivity index (χ0v) is 34.7. The van der Waals surface area contributed by atoms with Crippen molar-refractivity contribution in [2.75, 3.05) is 33.0 Å². The summed E-state index contributed by atoms with van der Waals surface area (Å²) < 4.78 is 83.6. The number of hydrogen-bond donors (Lipinski definition) is 0. The van der Waals surface area contributed by atoms with Crippen LogP contribution in [0.4, 0.5) is 13.2 Å². The highest BCUT2D eigenvalue weighted by atomic mass is 35.5. The fourth-order valence-corrected chi connectivity index (χ4v) is 9.14. The number of aromatic nitrogens is 3. The maximum atomic E-state index is 15.5. The van der Waals surface area contributed by atoms with E-state index in [-0.39, 0.29) is 55.0 Å². The van der Waals surface area contributed by atoms with Crippen LogP contribution in [0.5, 0.6) is 11.8 Å². The minimum atomic E-state index is -2.88. The SMILES string of the molecule is CC(C)(C)[Si](C)(C)O[C@@H]1CO[C@H]2[C@@H]1OC[C@H]2Oc1nc2cc(Cl)c(CC3CCc4cc(OCCOC(F)F)cc(F)c43)nc2n1COCC[Si](C)(C)C. The van der Waals surface area contributed by atoms with Crippen molar-refractivity contribution in [3.05, 3.63) is 45.9 Å². The van der Waals surface area contributed by atoms with Crippen molar-refractivity contribution in [1.82, 2.24) is 14.5 Å². The smallest absolute Gasteiger partial charge is 0.345 e. The van der Waals surface area contributed by atoms with E-state index >= 15 is 4.39 Å². The summed E-state index contributed by atoms with van der Waals surface area (Å²) in [5.74, 6) is -0.299. The molecule has 2 aromatic heterocycles. The first kappa shape index (κ1) is 40.4. The number of pyridine rings is 1. The van der Waals surface area contributed by atoms with Crippen molar-refractivity contribution in [1.29, 1.82) is 0 Å². The molecule has 0 spiro atoms. The summed E-state index contributed by atoms with van der Waals surface area (Å²) in [7, 11) is -3.39. The van der Waals surface area contributed by atoms with Crippen LogP contribution in [0.15, 0.2) is 18.2 Å². The van der Waals surface area contributed by atoms with Crippen molar-refractivity contribution >= 4 is 39.2 Å². The summed E-state index contributed by atoms with van der Waals surface area (Å²) in [6.07, 6.45) is 0.601. The molecule has 1 unspecified atom stereocenters. The van der Waals surface area contributed by atoms with E-state index in [1.807, 2.05) is 4.57 Å². The Kier molecular flexibility index (Phi) is 12.3. The lowest BCUT2D eigenvalue weighted by molar-refractivity contribution is -0.133. The predicted octanol–water partition coefficient (Wildman–Crippen LogP) is 8.36. The molecule has 4 heterocycles. The van der Waals surface area contributed by atoms with Crippen molar-refractivity contribution < 1.29 is 46.0 Å². The maximum Gasteiger partial charge on any atom is 0.345 e. The average Bonchev–Trinajstić information content (AvgIpc) is 3.82. The molecule has 294 valence electrons. The van der Waals surface area contributed by atoms with Crippen LogP contribution >= 0.6 is 11.6 Å². The molecular weight excluding hydrogens is 747 g/mol. The standard InChI is InChI=1S/C37H53ClF3N3O7Si2/c1-37(2,3)53(7,8)51-30-20-49-32-29(19-48-33(30)32)50-36-43-28-18-25(38)27(42-34(28)44(36)21-45-13-14-52(4,5)6)16-23-10-9-22-15-24(17-26(39)31(22)23)46-11-12-47-35(40)41/h15,17-18,23,29-30,32-33,35H,9-14,16,19-21H2,1-8H3/t23?,29-,30-,32-,33-/m1/s1. The highest BCUT2D eigenvalue weighted by Gasteiger charge is 2.52. The monoisotopic (exact) mass is 799 g/mol. The molecule has 1 aromatic carbocycles. The van der Waals surface area contributed by atoms with Gasteiger partial charge in [-0.2, -0.15) is 13.8 Å². The van der Waals surface area contributed by atoms with Crippen molar-refractivity contribution in [2.24, 2.45) is 0 Å². The first-order chi connectivity index (χ1) is 24.9. The van der Waals surface area contributed by atoms with E-state index in [1.54, 1.807) is 12.1 Å². The zero-order valence-electron chi connectivity index (χ0n) is 32.0.